The molecule has 0 aromatic carbocycles. The van der Waals surface area contributed by atoms with Crippen LogP contribution in [0.5, 0.6) is 0 Å². The standard InChI is InChI=1S/C5H9N4O/c1-4(10)3-9-7-5(2)6-8-9/h5H,3H2,1-2H3/q+1. The molecular weight excluding hydrogens is 132 g/mol. The summed E-state index contributed by atoms with van der Waals surface area (Å²) in [5, 5.41) is 11.2. The molecular formula is C5H9N4O+. The van der Waals surface area contributed by atoms with Gasteiger partial charge in [-0.3, -0.25) is 4.79 Å². The van der Waals surface area contributed by atoms with Crippen molar-refractivity contribution in [3.8, 4) is 0 Å². The fraction of sp³-hybridized carbons (Fsp3) is 0.800. The molecule has 0 aliphatic carbocycles. The molecule has 1 atom stereocenters. The van der Waals surface area contributed by atoms with Crippen LogP contribution in [-0.4, -0.2) is 23.3 Å². The monoisotopic (exact) mass is 141 g/mol. The predicted octanol–water partition coefficient (Wildman–Crippen LogP) is 0.767. The summed E-state index contributed by atoms with van der Waals surface area (Å²) < 4.78 is 0. The lowest BCUT2D eigenvalue weighted by molar-refractivity contribution is -0.587. The molecule has 0 amide bonds. The van der Waals surface area contributed by atoms with Gasteiger partial charge in [0.25, 0.3) is 6.17 Å². The zero-order valence-corrected chi connectivity index (χ0v) is 5.98. The van der Waals surface area contributed by atoms with E-state index in [0.717, 1.165) is 0 Å². The van der Waals surface area contributed by atoms with Gasteiger partial charge in [-0.05, 0) is 16.8 Å². The Balaban J connectivity index is 2.52. The van der Waals surface area contributed by atoms with Crippen LogP contribution >= 0.6 is 0 Å². The molecule has 1 aliphatic heterocycles. The van der Waals surface area contributed by atoms with Crippen molar-refractivity contribution >= 4 is 5.78 Å². The van der Waals surface area contributed by atoms with Gasteiger partial charge in [0.2, 0.25) is 0 Å². The van der Waals surface area contributed by atoms with Crippen LogP contribution in [0.4, 0.5) is 0 Å². The van der Waals surface area contributed by atoms with Gasteiger partial charge in [0.1, 0.15) is 0 Å². The molecule has 54 valence electrons. The number of carbonyl (C=O) groups is 1. The normalized spacial score (nSPS) is 23.0. The summed E-state index contributed by atoms with van der Waals surface area (Å²) in [5.74, 6) is 0.0387. The van der Waals surface area contributed by atoms with Crippen molar-refractivity contribution in [2.75, 3.05) is 6.54 Å². The van der Waals surface area contributed by atoms with E-state index in [1.165, 1.54) is 11.7 Å². The lowest BCUT2D eigenvalue weighted by atomic mass is 10.5. The zero-order valence-electron chi connectivity index (χ0n) is 5.98. The second kappa shape index (κ2) is 2.64. The molecule has 5 heteroatoms. The average Bonchev–Trinajstić information content (AvgIpc) is 2.13. The highest BCUT2D eigenvalue weighted by atomic mass is 16.1. The fourth-order valence-corrected chi connectivity index (χ4v) is 0.645. The van der Waals surface area contributed by atoms with Crippen LogP contribution in [0.3, 0.4) is 0 Å². The summed E-state index contributed by atoms with van der Waals surface area (Å²) >= 11 is 0. The quantitative estimate of drug-likeness (QED) is 0.524. The molecule has 0 aromatic rings. The Kier molecular flexibility index (Phi) is 1.84. The first-order valence-electron chi connectivity index (χ1n) is 3.07. The Morgan fingerprint density at radius 1 is 1.70 bits per heavy atom. The molecule has 5 nitrogen and oxygen atoms in total. The van der Waals surface area contributed by atoms with Gasteiger partial charge in [-0.2, -0.15) is 0 Å². The molecule has 0 bridgehead atoms. The van der Waals surface area contributed by atoms with E-state index in [1.54, 1.807) is 0 Å². The summed E-state index contributed by atoms with van der Waals surface area (Å²) in [6.07, 6.45) is -0.126. The third-order valence-corrected chi connectivity index (χ3v) is 0.986. The molecule has 0 spiro atoms. The van der Waals surface area contributed by atoms with Crippen molar-refractivity contribution in [3.05, 3.63) is 0 Å². The van der Waals surface area contributed by atoms with Crippen molar-refractivity contribution in [2.45, 2.75) is 20.0 Å². The Hall–Kier alpha value is -1.13. The smallest absolute Gasteiger partial charge is 0.292 e. The number of carbonyl (C=O) groups excluding carboxylic acids is 1. The van der Waals surface area contributed by atoms with Gasteiger partial charge in [0, 0.05) is 6.92 Å². The Labute approximate surface area is 58.4 Å². The van der Waals surface area contributed by atoms with Crippen molar-refractivity contribution in [1.82, 2.24) is 0 Å². The van der Waals surface area contributed by atoms with Gasteiger partial charge in [0.15, 0.2) is 17.6 Å². The second-order valence-electron chi connectivity index (χ2n) is 2.18. The number of azo groups is 1. The molecule has 0 radical (unpaired) electrons. The molecule has 10 heavy (non-hydrogen) atoms. The first kappa shape index (κ1) is 6.98. The van der Waals surface area contributed by atoms with Gasteiger partial charge in [-0.25, -0.2) is 0 Å². The minimum Gasteiger partial charge on any atom is -0.295 e. The lowest BCUT2D eigenvalue weighted by Crippen LogP contribution is -2.10. The zero-order chi connectivity index (χ0) is 7.56. The van der Waals surface area contributed by atoms with Crippen molar-refractivity contribution in [2.24, 2.45) is 15.5 Å². The summed E-state index contributed by atoms with van der Waals surface area (Å²) in [7, 11) is 0. The van der Waals surface area contributed by atoms with Gasteiger partial charge in [-0.15, -0.1) is 0 Å². The van der Waals surface area contributed by atoms with E-state index in [-0.39, 0.29) is 18.5 Å². The van der Waals surface area contributed by atoms with Gasteiger partial charge in [0.05, 0.1) is 5.11 Å². The van der Waals surface area contributed by atoms with E-state index >= 15 is 0 Å². The van der Waals surface area contributed by atoms with E-state index in [9.17, 15) is 4.79 Å². The highest BCUT2D eigenvalue weighted by molar-refractivity contribution is 5.76. The minimum absolute atomic E-state index is 0.0387. The van der Waals surface area contributed by atoms with Crippen LogP contribution in [0.2, 0.25) is 0 Å². The first-order chi connectivity index (χ1) is 4.68. The van der Waals surface area contributed by atoms with Crippen LogP contribution < -0.4 is 0 Å². The number of ketones is 1. The molecule has 0 N–H and O–H groups in total. The van der Waals surface area contributed by atoms with E-state index < -0.39 is 0 Å². The summed E-state index contributed by atoms with van der Waals surface area (Å²) in [6.45, 7) is 3.53. The van der Waals surface area contributed by atoms with Crippen LogP contribution in [-0.2, 0) is 4.79 Å². The maximum Gasteiger partial charge on any atom is 0.292 e. The average molecular weight is 141 g/mol. The highest BCUT2D eigenvalue weighted by Crippen LogP contribution is 2.02. The van der Waals surface area contributed by atoms with Gasteiger partial charge < -0.3 is 0 Å². The molecule has 0 aromatic heterocycles. The number of hydrogen-bond donors (Lipinski definition) is 0. The molecule has 1 unspecified atom stereocenters. The summed E-state index contributed by atoms with van der Waals surface area (Å²) in [4.78, 5) is 11.8. The van der Waals surface area contributed by atoms with Gasteiger partial charge in [-0.1, -0.05) is 0 Å². The molecule has 1 aliphatic rings. The molecule has 1 rings (SSSR count). The maximum atomic E-state index is 10.5. The third-order valence-electron chi connectivity index (χ3n) is 0.986. The van der Waals surface area contributed by atoms with Crippen molar-refractivity contribution in [3.63, 3.8) is 0 Å². The second-order valence-corrected chi connectivity index (χ2v) is 2.18. The molecule has 0 fully saturated rings. The minimum atomic E-state index is -0.126. The lowest BCUT2D eigenvalue weighted by Gasteiger charge is -1.83. The Morgan fingerprint density at radius 2 is 2.40 bits per heavy atom. The number of rotatable bonds is 2. The molecule has 1 heterocycles. The number of nitrogens with zero attached hydrogens (tertiary/aromatic N) is 4. The van der Waals surface area contributed by atoms with E-state index in [1.807, 2.05) is 6.92 Å². The first-order valence-corrected chi connectivity index (χ1v) is 3.07. The maximum absolute atomic E-state index is 10.5. The molecule has 0 saturated carbocycles. The SMILES string of the molecule is CC(=O)C[N+]1=NC(C)N=N1. The Morgan fingerprint density at radius 3 is 2.80 bits per heavy atom. The van der Waals surface area contributed by atoms with Crippen LogP contribution in [0.25, 0.3) is 0 Å². The topological polar surface area (TPSA) is 57.2 Å². The largest absolute Gasteiger partial charge is 0.295 e. The van der Waals surface area contributed by atoms with E-state index in [4.69, 9.17) is 0 Å². The molecule has 0 saturated heterocycles. The third kappa shape index (κ3) is 1.68. The van der Waals surface area contributed by atoms with E-state index in [2.05, 4.69) is 15.5 Å². The van der Waals surface area contributed by atoms with Crippen LogP contribution in [0.15, 0.2) is 15.5 Å². The van der Waals surface area contributed by atoms with Crippen LogP contribution in [0, 0.1) is 0 Å². The van der Waals surface area contributed by atoms with Crippen LogP contribution in [0.1, 0.15) is 13.8 Å². The Bertz CT molecular complexity index is 208. The highest BCUT2D eigenvalue weighted by Gasteiger charge is 2.18. The number of hydrogen-bond acceptors (Lipinski definition) is 4. The van der Waals surface area contributed by atoms with E-state index in [0.29, 0.717) is 0 Å². The fourth-order valence-electron chi connectivity index (χ4n) is 0.645. The van der Waals surface area contributed by atoms with Gasteiger partial charge >= 0.3 is 0 Å². The number of Topliss-reactive ketones (excluding diaryl/α,β-unsaturated/α-hetero) is 1. The summed E-state index contributed by atoms with van der Waals surface area (Å²) in [5.41, 5.74) is 0. The van der Waals surface area contributed by atoms with Crippen molar-refractivity contribution < 1.29 is 9.60 Å². The summed E-state index contributed by atoms with van der Waals surface area (Å²) in [6, 6.07) is 0. The van der Waals surface area contributed by atoms with Crippen molar-refractivity contribution in [1.29, 1.82) is 0 Å². The predicted molar refractivity (Wildman–Crippen MR) is 32.6 cm³/mol.